The highest BCUT2D eigenvalue weighted by Gasteiger charge is 2.14. The molecule has 124 valence electrons. The predicted molar refractivity (Wildman–Crippen MR) is 94.4 cm³/mol. The van der Waals surface area contributed by atoms with Crippen molar-refractivity contribution in [2.24, 2.45) is 0 Å². The van der Waals surface area contributed by atoms with Crippen LogP contribution in [-0.4, -0.2) is 20.4 Å². The molecule has 0 aromatic heterocycles. The molecule has 4 nitrogen and oxygen atoms in total. The first-order chi connectivity index (χ1) is 11.5. The van der Waals surface area contributed by atoms with E-state index in [0.29, 0.717) is 35.8 Å². The number of hydrogen-bond acceptors (Lipinski definition) is 4. The van der Waals surface area contributed by atoms with E-state index in [1.54, 1.807) is 25.1 Å². The average molecular weight is 324 g/mol. The molecule has 0 unspecified atom stereocenters. The minimum atomic E-state index is -0.298. The minimum absolute atomic E-state index is 0.228. The number of hydrogen-bond donors (Lipinski definition) is 0. The van der Waals surface area contributed by atoms with Gasteiger partial charge in [-0.15, -0.1) is 0 Å². The molecule has 0 aliphatic rings. The van der Waals surface area contributed by atoms with Gasteiger partial charge in [0.2, 0.25) is 0 Å². The number of carbonyl (C=O) groups excluding carboxylic acids is 1. The molecule has 0 atom stereocenters. The molecule has 0 aliphatic carbocycles. The molecule has 2 radical (unpaired) electrons. The highest BCUT2D eigenvalue weighted by atomic mass is 16.5. The third kappa shape index (κ3) is 4.54. The summed E-state index contributed by atoms with van der Waals surface area (Å²) in [5.74, 6) is 1.50. The smallest absolute Gasteiger partial charge is 0.310 e. The van der Waals surface area contributed by atoms with E-state index in [1.165, 1.54) is 0 Å². The maximum atomic E-state index is 11.6. The van der Waals surface area contributed by atoms with E-state index in [0.717, 1.165) is 11.0 Å². The van der Waals surface area contributed by atoms with E-state index < -0.39 is 0 Å². The van der Waals surface area contributed by atoms with Gasteiger partial charge in [0.05, 0.1) is 12.2 Å². The molecular formula is C19H21BO4. The minimum Gasteiger partial charge on any atom is -0.493 e. The lowest BCUT2D eigenvalue weighted by Crippen LogP contribution is -2.10. The van der Waals surface area contributed by atoms with Crippen LogP contribution in [0, 0.1) is 6.92 Å². The fourth-order valence-corrected chi connectivity index (χ4v) is 2.16. The zero-order chi connectivity index (χ0) is 17.5. The Bertz CT molecular complexity index is 713. The number of carbonyl (C=O) groups is 1. The Morgan fingerprint density at radius 2 is 1.83 bits per heavy atom. The normalized spacial score (nSPS) is 10.3. The SMILES string of the molecule is [B]c1ccc(OCc2c(OCC)cccc2OC(=O)CC)cc1C. The van der Waals surface area contributed by atoms with Crippen LogP contribution in [0.1, 0.15) is 31.4 Å². The van der Waals surface area contributed by atoms with Gasteiger partial charge in [-0.05, 0) is 38.1 Å². The van der Waals surface area contributed by atoms with Crippen molar-refractivity contribution < 1.29 is 19.0 Å². The van der Waals surface area contributed by atoms with Crippen molar-refractivity contribution in [1.82, 2.24) is 0 Å². The Balaban J connectivity index is 2.24. The monoisotopic (exact) mass is 324 g/mol. The topological polar surface area (TPSA) is 44.8 Å². The van der Waals surface area contributed by atoms with Crippen LogP contribution in [0.4, 0.5) is 0 Å². The van der Waals surface area contributed by atoms with E-state index in [4.69, 9.17) is 22.1 Å². The van der Waals surface area contributed by atoms with E-state index >= 15 is 0 Å². The van der Waals surface area contributed by atoms with Crippen molar-refractivity contribution in [3.05, 3.63) is 47.5 Å². The Morgan fingerprint density at radius 1 is 1.08 bits per heavy atom. The Labute approximate surface area is 144 Å². The summed E-state index contributed by atoms with van der Waals surface area (Å²) in [6, 6.07) is 10.8. The van der Waals surface area contributed by atoms with E-state index in [9.17, 15) is 4.79 Å². The van der Waals surface area contributed by atoms with Crippen molar-refractivity contribution in [2.45, 2.75) is 33.8 Å². The van der Waals surface area contributed by atoms with Gasteiger partial charge in [0.25, 0.3) is 0 Å². The van der Waals surface area contributed by atoms with Gasteiger partial charge >= 0.3 is 5.97 Å². The summed E-state index contributed by atoms with van der Waals surface area (Å²) >= 11 is 0. The molecule has 0 heterocycles. The first kappa shape index (κ1) is 17.9. The summed E-state index contributed by atoms with van der Waals surface area (Å²) in [5, 5.41) is 0. The molecule has 2 rings (SSSR count). The summed E-state index contributed by atoms with van der Waals surface area (Å²) in [6.45, 7) is 6.32. The third-order valence-corrected chi connectivity index (χ3v) is 3.53. The zero-order valence-corrected chi connectivity index (χ0v) is 14.3. The van der Waals surface area contributed by atoms with E-state index in [-0.39, 0.29) is 12.6 Å². The summed E-state index contributed by atoms with van der Waals surface area (Å²) in [5.41, 5.74) is 2.37. The van der Waals surface area contributed by atoms with Crippen LogP contribution in [0.2, 0.25) is 0 Å². The number of benzene rings is 2. The Kier molecular flexibility index (Phi) is 6.30. The Hall–Kier alpha value is -2.43. The fourth-order valence-electron chi connectivity index (χ4n) is 2.16. The molecule has 0 bridgehead atoms. The third-order valence-electron chi connectivity index (χ3n) is 3.53. The average Bonchev–Trinajstić information content (AvgIpc) is 2.57. The largest absolute Gasteiger partial charge is 0.493 e. The maximum Gasteiger partial charge on any atom is 0.310 e. The van der Waals surface area contributed by atoms with Gasteiger partial charge in [0.15, 0.2) is 0 Å². The second-order valence-electron chi connectivity index (χ2n) is 5.30. The van der Waals surface area contributed by atoms with Crippen LogP contribution < -0.4 is 19.7 Å². The van der Waals surface area contributed by atoms with Gasteiger partial charge in [-0.3, -0.25) is 4.79 Å². The molecule has 2 aromatic rings. The molecule has 0 N–H and O–H groups in total. The number of rotatable bonds is 7. The van der Waals surface area contributed by atoms with Crippen LogP contribution in [0.3, 0.4) is 0 Å². The highest BCUT2D eigenvalue weighted by molar-refractivity contribution is 6.33. The van der Waals surface area contributed by atoms with Crippen molar-refractivity contribution >= 4 is 19.3 Å². The highest BCUT2D eigenvalue weighted by Crippen LogP contribution is 2.30. The first-order valence-corrected chi connectivity index (χ1v) is 7.99. The second kappa shape index (κ2) is 8.43. The number of esters is 1. The van der Waals surface area contributed by atoms with Crippen LogP contribution in [0.25, 0.3) is 0 Å². The molecular weight excluding hydrogens is 303 g/mol. The molecule has 5 heteroatoms. The molecule has 0 aliphatic heterocycles. The first-order valence-electron chi connectivity index (χ1n) is 7.99. The molecule has 0 saturated heterocycles. The molecule has 24 heavy (non-hydrogen) atoms. The lowest BCUT2D eigenvalue weighted by Gasteiger charge is -2.16. The molecule has 0 amide bonds. The zero-order valence-electron chi connectivity index (χ0n) is 14.3. The lowest BCUT2D eigenvalue weighted by molar-refractivity contribution is -0.134. The summed E-state index contributed by atoms with van der Waals surface area (Å²) in [6.07, 6.45) is 0.302. The summed E-state index contributed by atoms with van der Waals surface area (Å²) in [7, 11) is 5.82. The van der Waals surface area contributed by atoms with Gasteiger partial charge in [-0.25, -0.2) is 0 Å². The summed E-state index contributed by atoms with van der Waals surface area (Å²) < 4.78 is 16.9. The number of aryl methyl sites for hydroxylation is 1. The summed E-state index contributed by atoms with van der Waals surface area (Å²) in [4.78, 5) is 11.6. The van der Waals surface area contributed by atoms with Crippen LogP contribution in [0.5, 0.6) is 17.2 Å². The molecule has 0 spiro atoms. The quantitative estimate of drug-likeness (QED) is 0.446. The lowest BCUT2D eigenvalue weighted by atomic mass is 9.91. The van der Waals surface area contributed by atoms with E-state index in [1.807, 2.05) is 32.0 Å². The van der Waals surface area contributed by atoms with Gasteiger partial charge < -0.3 is 14.2 Å². The van der Waals surface area contributed by atoms with Crippen LogP contribution in [0.15, 0.2) is 36.4 Å². The van der Waals surface area contributed by atoms with E-state index in [2.05, 4.69) is 0 Å². The van der Waals surface area contributed by atoms with Crippen molar-refractivity contribution in [3.8, 4) is 17.2 Å². The molecule has 0 saturated carbocycles. The van der Waals surface area contributed by atoms with Crippen molar-refractivity contribution in [1.29, 1.82) is 0 Å². The standard InChI is InChI=1S/C19H21BO4/c1-4-19(21)24-18-8-6-7-17(22-5-2)15(18)12-23-14-9-10-16(20)13(3)11-14/h6-11H,4-5,12H2,1-3H3. The molecule has 0 fully saturated rings. The Morgan fingerprint density at radius 3 is 2.50 bits per heavy atom. The van der Waals surface area contributed by atoms with Crippen LogP contribution in [-0.2, 0) is 11.4 Å². The van der Waals surface area contributed by atoms with Crippen LogP contribution >= 0.6 is 0 Å². The number of ether oxygens (including phenoxy) is 3. The van der Waals surface area contributed by atoms with Gasteiger partial charge in [0.1, 0.15) is 31.7 Å². The van der Waals surface area contributed by atoms with Gasteiger partial charge in [0, 0.05) is 6.42 Å². The maximum absolute atomic E-state index is 11.6. The molecule has 2 aromatic carbocycles. The van der Waals surface area contributed by atoms with Crippen molar-refractivity contribution in [2.75, 3.05) is 6.61 Å². The van der Waals surface area contributed by atoms with Crippen molar-refractivity contribution in [3.63, 3.8) is 0 Å². The predicted octanol–water partition coefficient (Wildman–Crippen LogP) is 3.08. The fraction of sp³-hybridized carbons (Fsp3) is 0.316. The van der Waals surface area contributed by atoms with Gasteiger partial charge in [-0.1, -0.05) is 30.1 Å². The second-order valence-corrected chi connectivity index (χ2v) is 5.30. The van der Waals surface area contributed by atoms with Gasteiger partial charge in [-0.2, -0.15) is 0 Å².